The third kappa shape index (κ3) is 4.67. The van der Waals surface area contributed by atoms with E-state index in [1.54, 1.807) is 6.92 Å². The monoisotopic (exact) mass is 382 g/mol. The molecule has 27 heavy (non-hydrogen) atoms. The number of carbonyl (C=O) groups is 1. The van der Waals surface area contributed by atoms with E-state index in [2.05, 4.69) is 15.3 Å². The molecular formula is C18H21F3N4O2. The number of carbonyl (C=O) groups excluding carboxylic acids is 1. The summed E-state index contributed by atoms with van der Waals surface area (Å²) in [6.45, 7) is 5.91. The van der Waals surface area contributed by atoms with Crippen LogP contribution in [0.1, 0.15) is 21.6 Å². The van der Waals surface area contributed by atoms with Gasteiger partial charge in [0.2, 0.25) is 0 Å². The molecule has 2 heterocycles. The van der Waals surface area contributed by atoms with Gasteiger partial charge in [0.25, 0.3) is 5.91 Å². The van der Waals surface area contributed by atoms with Gasteiger partial charge in [0.1, 0.15) is 0 Å². The second-order valence-corrected chi connectivity index (χ2v) is 6.31. The number of amides is 1. The van der Waals surface area contributed by atoms with Crippen LogP contribution in [0.15, 0.2) is 30.5 Å². The van der Waals surface area contributed by atoms with E-state index in [9.17, 15) is 18.0 Å². The highest BCUT2D eigenvalue weighted by atomic mass is 19.4. The molecule has 0 radical (unpaired) electrons. The Morgan fingerprint density at radius 1 is 1.30 bits per heavy atom. The van der Waals surface area contributed by atoms with Crippen LogP contribution in [-0.4, -0.2) is 60.0 Å². The third-order valence-electron chi connectivity index (χ3n) is 4.49. The Morgan fingerprint density at radius 3 is 2.74 bits per heavy atom. The van der Waals surface area contributed by atoms with Gasteiger partial charge in [-0.05, 0) is 25.1 Å². The van der Waals surface area contributed by atoms with Gasteiger partial charge < -0.3 is 10.1 Å². The molecule has 1 aliphatic heterocycles. The van der Waals surface area contributed by atoms with Crippen LogP contribution in [0.25, 0.3) is 5.69 Å². The minimum Gasteiger partial charge on any atom is -0.379 e. The maximum Gasteiger partial charge on any atom is 0.416 e. The second kappa shape index (κ2) is 8.10. The lowest BCUT2D eigenvalue weighted by molar-refractivity contribution is -0.137. The number of rotatable bonds is 5. The summed E-state index contributed by atoms with van der Waals surface area (Å²) in [5, 5.41) is 6.92. The summed E-state index contributed by atoms with van der Waals surface area (Å²) in [4.78, 5) is 14.6. The standard InChI is InChI=1S/C18H21F3N4O2/c1-13-16(17(26)22-5-6-24-7-9-27-10-8-24)12-23-25(13)15-4-2-3-14(11-15)18(19,20)21/h2-4,11-12H,5-10H2,1H3,(H,22,26). The molecule has 6 nitrogen and oxygen atoms in total. The van der Waals surface area contributed by atoms with Crippen molar-refractivity contribution in [3.8, 4) is 5.69 Å². The minimum atomic E-state index is -4.43. The van der Waals surface area contributed by atoms with E-state index < -0.39 is 11.7 Å². The molecule has 1 fully saturated rings. The molecule has 146 valence electrons. The molecule has 0 unspecified atom stereocenters. The van der Waals surface area contributed by atoms with E-state index in [1.165, 1.54) is 23.0 Å². The molecule has 1 aromatic heterocycles. The average molecular weight is 382 g/mol. The number of morpholine rings is 1. The molecule has 0 spiro atoms. The van der Waals surface area contributed by atoms with Crippen molar-refractivity contribution in [2.45, 2.75) is 13.1 Å². The zero-order valence-electron chi connectivity index (χ0n) is 14.9. The normalized spacial score (nSPS) is 15.7. The van der Waals surface area contributed by atoms with Crippen LogP contribution in [0.3, 0.4) is 0 Å². The molecule has 2 aromatic rings. The maximum absolute atomic E-state index is 12.9. The van der Waals surface area contributed by atoms with Crippen molar-refractivity contribution in [3.63, 3.8) is 0 Å². The number of halogens is 3. The van der Waals surface area contributed by atoms with Gasteiger partial charge in [0, 0.05) is 26.2 Å². The fourth-order valence-corrected chi connectivity index (χ4v) is 2.95. The molecule has 0 atom stereocenters. The first-order valence-corrected chi connectivity index (χ1v) is 8.67. The van der Waals surface area contributed by atoms with E-state index in [0.717, 1.165) is 31.8 Å². The summed E-state index contributed by atoms with van der Waals surface area (Å²) in [7, 11) is 0. The molecular weight excluding hydrogens is 361 g/mol. The smallest absolute Gasteiger partial charge is 0.379 e. The molecule has 0 saturated carbocycles. The lowest BCUT2D eigenvalue weighted by Crippen LogP contribution is -2.41. The Kier molecular flexibility index (Phi) is 5.81. The second-order valence-electron chi connectivity index (χ2n) is 6.31. The van der Waals surface area contributed by atoms with Crippen molar-refractivity contribution >= 4 is 5.91 Å². The Balaban J connectivity index is 1.67. The van der Waals surface area contributed by atoms with Crippen LogP contribution in [0.2, 0.25) is 0 Å². The van der Waals surface area contributed by atoms with Crippen molar-refractivity contribution in [1.29, 1.82) is 0 Å². The van der Waals surface area contributed by atoms with Crippen molar-refractivity contribution in [1.82, 2.24) is 20.0 Å². The average Bonchev–Trinajstić information content (AvgIpc) is 3.03. The predicted octanol–water partition coefficient (Wildman–Crippen LogP) is 2.26. The topological polar surface area (TPSA) is 59.4 Å². The van der Waals surface area contributed by atoms with Crippen LogP contribution in [0.4, 0.5) is 13.2 Å². The van der Waals surface area contributed by atoms with Gasteiger partial charge >= 0.3 is 6.18 Å². The third-order valence-corrected chi connectivity index (χ3v) is 4.49. The largest absolute Gasteiger partial charge is 0.416 e. The first-order chi connectivity index (χ1) is 12.9. The number of nitrogens with one attached hydrogen (secondary N) is 1. The van der Waals surface area contributed by atoms with E-state index in [1.807, 2.05) is 0 Å². The van der Waals surface area contributed by atoms with Gasteiger partial charge in [-0.1, -0.05) is 6.07 Å². The van der Waals surface area contributed by atoms with Crippen LogP contribution in [-0.2, 0) is 10.9 Å². The van der Waals surface area contributed by atoms with Gasteiger partial charge in [0.15, 0.2) is 0 Å². The lowest BCUT2D eigenvalue weighted by atomic mass is 10.2. The fourth-order valence-electron chi connectivity index (χ4n) is 2.95. The summed E-state index contributed by atoms with van der Waals surface area (Å²) in [6, 6.07) is 4.86. The molecule has 1 aliphatic rings. The van der Waals surface area contributed by atoms with Crippen molar-refractivity contribution < 1.29 is 22.7 Å². The number of aromatic nitrogens is 2. The maximum atomic E-state index is 12.9. The number of nitrogens with zero attached hydrogens (tertiary/aromatic N) is 3. The van der Waals surface area contributed by atoms with E-state index in [-0.39, 0.29) is 11.6 Å². The quantitative estimate of drug-likeness (QED) is 0.862. The molecule has 3 rings (SSSR count). The van der Waals surface area contributed by atoms with Crippen molar-refractivity contribution in [3.05, 3.63) is 47.3 Å². The molecule has 9 heteroatoms. The molecule has 0 aliphatic carbocycles. The van der Waals surface area contributed by atoms with Crippen LogP contribution in [0, 0.1) is 6.92 Å². The molecule has 0 bridgehead atoms. The fraction of sp³-hybridized carbons (Fsp3) is 0.444. The minimum absolute atomic E-state index is 0.259. The first-order valence-electron chi connectivity index (χ1n) is 8.67. The number of ether oxygens (including phenoxy) is 1. The number of hydrogen-bond acceptors (Lipinski definition) is 4. The van der Waals surface area contributed by atoms with Crippen molar-refractivity contribution in [2.75, 3.05) is 39.4 Å². The molecule has 1 amide bonds. The predicted molar refractivity (Wildman–Crippen MR) is 92.9 cm³/mol. The Morgan fingerprint density at radius 2 is 2.04 bits per heavy atom. The van der Waals surface area contributed by atoms with E-state index in [0.29, 0.717) is 31.0 Å². The van der Waals surface area contributed by atoms with Crippen LogP contribution >= 0.6 is 0 Å². The zero-order chi connectivity index (χ0) is 19.4. The Hall–Kier alpha value is -2.39. The Bertz CT molecular complexity index is 798. The molecule has 1 saturated heterocycles. The highest BCUT2D eigenvalue weighted by molar-refractivity contribution is 5.95. The lowest BCUT2D eigenvalue weighted by Gasteiger charge is -2.26. The number of benzene rings is 1. The van der Waals surface area contributed by atoms with Crippen LogP contribution < -0.4 is 5.32 Å². The van der Waals surface area contributed by atoms with Gasteiger partial charge in [0.05, 0.1) is 41.9 Å². The van der Waals surface area contributed by atoms with Crippen LogP contribution in [0.5, 0.6) is 0 Å². The first kappa shape index (κ1) is 19.4. The number of hydrogen-bond donors (Lipinski definition) is 1. The number of alkyl halides is 3. The van der Waals surface area contributed by atoms with Gasteiger partial charge in [-0.2, -0.15) is 18.3 Å². The molecule has 1 aromatic carbocycles. The summed E-state index contributed by atoms with van der Waals surface area (Å²) in [5.41, 5.74) is 0.327. The van der Waals surface area contributed by atoms with Gasteiger partial charge in [-0.15, -0.1) is 0 Å². The van der Waals surface area contributed by atoms with Crippen molar-refractivity contribution in [2.24, 2.45) is 0 Å². The summed E-state index contributed by atoms with van der Waals surface area (Å²) >= 11 is 0. The summed E-state index contributed by atoms with van der Waals surface area (Å²) < 4.78 is 45.3. The summed E-state index contributed by atoms with van der Waals surface area (Å²) in [6.07, 6.45) is -3.06. The van der Waals surface area contributed by atoms with Gasteiger partial charge in [-0.3, -0.25) is 9.69 Å². The highest BCUT2D eigenvalue weighted by Gasteiger charge is 2.30. The molecule has 1 N–H and O–H groups in total. The SMILES string of the molecule is Cc1c(C(=O)NCCN2CCOCC2)cnn1-c1cccc(C(F)(F)F)c1. The zero-order valence-corrected chi connectivity index (χ0v) is 14.9. The Labute approximate surface area is 154 Å². The van der Waals surface area contributed by atoms with E-state index >= 15 is 0 Å². The summed E-state index contributed by atoms with van der Waals surface area (Å²) in [5.74, 6) is -0.293. The van der Waals surface area contributed by atoms with E-state index in [4.69, 9.17) is 4.74 Å². The highest BCUT2D eigenvalue weighted by Crippen LogP contribution is 2.30. The van der Waals surface area contributed by atoms with Gasteiger partial charge in [-0.25, -0.2) is 4.68 Å².